The Kier molecular flexibility index (Phi) is 2.43. The van der Waals surface area contributed by atoms with E-state index in [0.717, 1.165) is 17.7 Å². The van der Waals surface area contributed by atoms with Gasteiger partial charge in [0.2, 0.25) is 5.95 Å². The maximum Gasteiger partial charge on any atom is 0.202 e. The van der Waals surface area contributed by atoms with E-state index in [2.05, 4.69) is 37.7 Å². The molecule has 0 atom stereocenters. The predicted octanol–water partition coefficient (Wildman–Crippen LogP) is 3.35. The van der Waals surface area contributed by atoms with E-state index < -0.39 is 0 Å². The van der Waals surface area contributed by atoms with Gasteiger partial charge in [-0.3, -0.25) is 4.57 Å². The minimum atomic E-state index is 0.322. The van der Waals surface area contributed by atoms with Gasteiger partial charge in [-0.2, -0.15) is 0 Å². The lowest BCUT2D eigenvalue weighted by atomic mass is 10.0. The topological polar surface area (TPSA) is 56.7 Å². The first-order valence-electron chi connectivity index (χ1n) is 6.52. The number of nitrogens with zero attached hydrogens (tertiary/aromatic N) is 3. The Balaban J connectivity index is 2.01. The molecule has 0 amide bonds. The number of rotatable bonds is 2. The maximum atomic E-state index is 6.03. The van der Waals surface area contributed by atoms with E-state index >= 15 is 0 Å². The van der Waals surface area contributed by atoms with Gasteiger partial charge in [-0.25, -0.2) is 9.97 Å². The van der Waals surface area contributed by atoms with Gasteiger partial charge in [0.05, 0.1) is 5.02 Å². The number of nitrogen functional groups attached to an aromatic ring is 1. The van der Waals surface area contributed by atoms with Crippen LogP contribution in [-0.4, -0.2) is 14.5 Å². The van der Waals surface area contributed by atoms with Gasteiger partial charge in [0.15, 0.2) is 5.65 Å². The number of nitrogens with two attached hydrogens (primary N) is 1. The van der Waals surface area contributed by atoms with Crippen molar-refractivity contribution in [1.82, 2.24) is 14.5 Å². The van der Waals surface area contributed by atoms with Crippen LogP contribution in [0.15, 0.2) is 12.3 Å². The molecular weight excluding hydrogens is 260 g/mol. The molecule has 1 saturated carbocycles. The van der Waals surface area contributed by atoms with Crippen LogP contribution in [0.5, 0.6) is 0 Å². The molecule has 2 heterocycles. The van der Waals surface area contributed by atoms with E-state index in [0.29, 0.717) is 27.7 Å². The third kappa shape index (κ3) is 1.66. The Hall–Kier alpha value is -1.29. The lowest BCUT2D eigenvalue weighted by Gasteiger charge is -2.07. The van der Waals surface area contributed by atoms with Crippen molar-refractivity contribution < 1.29 is 0 Å². The first-order valence-corrected chi connectivity index (χ1v) is 6.90. The molecule has 0 radical (unpaired) electrons. The van der Waals surface area contributed by atoms with Gasteiger partial charge in [0.25, 0.3) is 0 Å². The van der Waals surface area contributed by atoms with Crippen molar-refractivity contribution in [1.29, 1.82) is 0 Å². The molecule has 0 bridgehead atoms. The second-order valence-electron chi connectivity index (χ2n) is 6.57. The maximum absolute atomic E-state index is 6.03. The molecule has 2 N–H and O–H groups in total. The molecule has 1 fully saturated rings. The Labute approximate surface area is 118 Å². The number of fused-ring (bicyclic) bond motifs is 1. The summed E-state index contributed by atoms with van der Waals surface area (Å²) in [5, 5.41) is 0.587. The highest BCUT2D eigenvalue weighted by Gasteiger charge is 2.64. The molecule has 5 heteroatoms. The number of anilines is 1. The minimum Gasteiger partial charge on any atom is -0.369 e. The molecule has 0 unspecified atom stereocenters. The average molecular weight is 279 g/mol. The van der Waals surface area contributed by atoms with Crippen molar-refractivity contribution in [2.45, 2.75) is 34.2 Å². The van der Waals surface area contributed by atoms with Gasteiger partial charge in [0.1, 0.15) is 5.52 Å². The van der Waals surface area contributed by atoms with E-state index in [1.165, 1.54) is 0 Å². The molecule has 0 saturated heterocycles. The summed E-state index contributed by atoms with van der Waals surface area (Å²) in [6, 6.07) is 1.81. The summed E-state index contributed by atoms with van der Waals surface area (Å²) < 4.78 is 2.01. The number of imidazole rings is 1. The van der Waals surface area contributed by atoms with Crippen LogP contribution in [0.2, 0.25) is 5.02 Å². The number of hydrogen-bond acceptors (Lipinski definition) is 3. The van der Waals surface area contributed by atoms with Crippen LogP contribution in [0.3, 0.4) is 0 Å². The quantitative estimate of drug-likeness (QED) is 0.916. The third-order valence-electron chi connectivity index (χ3n) is 5.27. The summed E-state index contributed by atoms with van der Waals surface area (Å²) in [4.78, 5) is 8.71. The molecule has 1 aliphatic rings. The average Bonchev–Trinajstić information content (AvgIpc) is 2.57. The highest BCUT2D eigenvalue weighted by Crippen LogP contribution is 2.69. The van der Waals surface area contributed by atoms with E-state index in [-0.39, 0.29) is 0 Å². The SMILES string of the molecule is CC1(C)C(Cn2c(N)nc3cc(Cl)cnc32)C1(C)C. The minimum absolute atomic E-state index is 0.322. The van der Waals surface area contributed by atoms with E-state index in [4.69, 9.17) is 17.3 Å². The number of halogens is 1. The van der Waals surface area contributed by atoms with Crippen LogP contribution in [-0.2, 0) is 6.54 Å². The monoisotopic (exact) mass is 278 g/mol. The lowest BCUT2D eigenvalue weighted by Crippen LogP contribution is -2.08. The fraction of sp³-hybridized carbons (Fsp3) is 0.571. The second kappa shape index (κ2) is 3.63. The van der Waals surface area contributed by atoms with E-state index in [1.54, 1.807) is 12.3 Å². The number of pyridine rings is 1. The van der Waals surface area contributed by atoms with Crippen LogP contribution in [0.25, 0.3) is 11.2 Å². The van der Waals surface area contributed by atoms with Gasteiger partial charge in [-0.05, 0) is 22.8 Å². The van der Waals surface area contributed by atoms with Crippen molar-refractivity contribution in [2.75, 3.05) is 5.73 Å². The van der Waals surface area contributed by atoms with E-state index in [1.807, 2.05) is 4.57 Å². The van der Waals surface area contributed by atoms with Crippen molar-refractivity contribution in [2.24, 2.45) is 16.7 Å². The molecule has 102 valence electrons. The van der Waals surface area contributed by atoms with Gasteiger partial charge >= 0.3 is 0 Å². The zero-order valence-electron chi connectivity index (χ0n) is 11.7. The lowest BCUT2D eigenvalue weighted by molar-refractivity contribution is 0.457. The molecule has 0 aromatic carbocycles. The van der Waals surface area contributed by atoms with Gasteiger partial charge < -0.3 is 5.73 Å². The van der Waals surface area contributed by atoms with Crippen LogP contribution in [0.1, 0.15) is 27.7 Å². The summed E-state index contributed by atoms with van der Waals surface area (Å²) >= 11 is 5.94. The molecule has 0 spiro atoms. The molecular formula is C14H19ClN4. The highest BCUT2D eigenvalue weighted by atomic mass is 35.5. The smallest absolute Gasteiger partial charge is 0.202 e. The second-order valence-corrected chi connectivity index (χ2v) is 7.01. The third-order valence-corrected chi connectivity index (χ3v) is 5.47. The summed E-state index contributed by atoms with van der Waals surface area (Å²) in [6.07, 6.45) is 1.64. The molecule has 2 aromatic rings. The first kappa shape index (κ1) is 12.7. The number of hydrogen-bond donors (Lipinski definition) is 1. The van der Waals surface area contributed by atoms with Crippen molar-refractivity contribution in [3.63, 3.8) is 0 Å². The molecule has 4 nitrogen and oxygen atoms in total. The summed E-state index contributed by atoms with van der Waals surface area (Å²) in [5.74, 6) is 1.10. The summed E-state index contributed by atoms with van der Waals surface area (Å²) in [5.41, 5.74) is 8.25. The van der Waals surface area contributed by atoms with Crippen molar-refractivity contribution in [3.05, 3.63) is 17.3 Å². The summed E-state index contributed by atoms with van der Waals surface area (Å²) in [7, 11) is 0. The zero-order chi connectivity index (χ0) is 14.0. The van der Waals surface area contributed by atoms with E-state index in [9.17, 15) is 0 Å². The Morgan fingerprint density at radius 2 is 1.95 bits per heavy atom. The van der Waals surface area contributed by atoms with Crippen LogP contribution >= 0.6 is 11.6 Å². The number of aromatic nitrogens is 3. The molecule has 1 aliphatic carbocycles. The van der Waals surface area contributed by atoms with Crippen molar-refractivity contribution in [3.8, 4) is 0 Å². The van der Waals surface area contributed by atoms with Gasteiger partial charge in [-0.15, -0.1) is 0 Å². The summed E-state index contributed by atoms with van der Waals surface area (Å²) in [6.45, 7) is 10.1. The van der Waals surface area contributed by atoms with Gasteiger partial charge in [0, 0.05) is 12.7 Å². The fourth-order valence-corrected chi connectivity index (χ4v) is 3.31. The predicted molar refractivity (Wildman–Crippen MR) is 78.0 cm³/mol. The van der Waals surface area contributed by atoms with Crippen LogP contribution in [0.4, 0.5) is 5.95 Å². The molecule has 19 heavy (non-hydrogen) atoms. The molecule has 3 rings (SSSR count). The Morgan fingerprint density at radius 3 is 2.53 bits per heavy atom. The molecule has 2 aromatic heterocycles. The largest absolute Gasteiger partial charge is 0.369 e. The van der Waals surface area contributed by atoms with Crippen LogP contribution in [0, 0.1) is 16.7 Å². The first-order chi connectivity index (χ1) is 8.75. The highest BCUT2D eigenvalue weighted by molar-refractivity contribution is 6.31. The molecule has 0 aliphatic heterocycles. The van der Waals surface area contributed by atoms with Gasteiger partial charge in [-0.1, -0.05) is 39.3 Å². The normalized spacial score (nSPS) is 20.9. The zero-order valence-corrected chi connectivity index (χ0v) is 12.5. The Morgan fingerprint density at radius 1 is 1.32 bits per heavy atom. The van der Waals surface area contributed by atoms with Crippen LogP contribution < -0.4 is 5.73 Å². The van der Waals surface area contributed by atoms with Crippen molar-refractivity contribution >= 4 is 28.7 Å². The Bertz CT molecular complexity index is 643. The standard InChI is InChI=1S/C14H19ClN4/c1-13(2)10(14(13,3)4)7-19-11-9(18-12(19)16)5-8(15)6-17-11/h5-6,10H,7H2,1-4H3,(H2,16,18). The fourth-order valence-electron chi connectivity index (χ4n) is 3.16.